The number of nitrogens with one attached hydrogen (secondary N) is 6. The summed E-state index contributed by atoms with van der Waals surface area (Å²) in [5.74, 6) is -7.70. The molecule has 8 N–H and O–H groups in total. The molecule has 8 heterocycles. The largest absolute Gasteiger partial charge is 0.487 e. The van der Waals surface area contributed by atoms with Crippen LogP contribution in [0.3, 0.4) is 0 Å². The first-order chi connectivity index (χ1) is 48.7. The highest BCUT2D eigenvalue weighted by Gasteiger charge is 2.48. The SMILES string of the molecule is CN[C@@H](C)C(=O)N[C@H](C(=O)N1C[C@@H]2C[C@H]1C(=O)N[C@@H](Cc1ccccc1)C(=O)N(C)[C@H](C(=O)O)Cc1ccc(cc1)OCc1cn(nn1)[C@H]1C[C@@H](C(=O)N[C@@H](Cc3ccccc3)C(=O)N(C)[C@H](C(=O)O)Cc3ccc(cc3)OCc3cn2nn3)N(C(=O)[C@@H](NC(=O)[C@H](C)NC)C(C)C)C1)C(C)C. The van der Waals surface area contributed by atoms with Gasteiger partial charge in [0.15, 0.2) is 0 Å². The van der Waals surface area contributed by atoms with E-state index in [2.05, 4.69) is 52.5 Å². The van der Waals surface area contributed by atoms with Crippen LogP contribution in [0.25, 0.3) is 0 Å². The highest BCUT2D eigenvalue weighted by atomic mass is 16.5. The Morgan fingerprint density at radius 2 is 0.882 bits per heavy atom. The lowest BCUT2D eigenvalue weighted by Crippen LogP contribution is -2.59. The average molecular weight is 1410 g/mol. The smallest absolute Gasteiger partial charge is 0.326 e. The highest BCUT2D eigenvalue weighted by Crippen LogP contribution is 2.32. The van der Waals surface area contributed by atoms with Crippen LogP contribution in [0.1, 0.15) is 100 Å². The monoisotopic (exact) mass is 1400 g/mol. The number of rotatable bonds is 16. The molecule has 2 fully saturated rings. The highest BCUT2D eigenvalue weighted by molar-refractivity contribution is 5.98. The molecule has 30 heteroatoms. The molecule has 30 nitrogen and oxygen atoms in total. The van der Waals surface area contributed by atoms with E-state index in [-0.39, 0.29) is 64.8 Å². The molecule has 0 radical (unpaired) electrons. The Bertz CT molecular complexity index is 3680. The number of carbonyl (C=O) groups excluding carboxylic acids is 8. The van der Waals surface area contributed by atoms with Gasteiger partial charge in [-0.2, -0.15) is 0 Å². The van der Waals surface area contributed by atoms with Crippen molar-refractivity contribution in [1.29, 1.82) is 0 Å². The molecule has 6 aliphatic rings. The van der Waals surface area contributed by atoms with Crippen molar-refractivity contribution in [3.63, 3.8) is 0 Å². The second kappa shape index (κ2) is 34.2. The van der Waals surface area contributed by atoms with E-state index in [0.717, 1.165) is 9.80 Å². The minimum absolute atomic E-state index is 0.0183. The number of benzene rings is 4. The van der Waals surface area contributed by atoms with E-state index >= 15 is 9.59 Å². The van der Waals surface area contributed by atoms with E-state index in [9.17, 15) is 48.6 Å². The fourth-order valence-electron chi connectivity index (χ4n) is 12.7. The molecule has 2 saturated heterocycles. The third kappa shape index (κ3) is 18.7. The lowest BCUT2D eigenvalue weighted by Gasteiger charge is -2.33. The van der Waals surface area contributed by atoms with Gasteiger partial charge in [0.25, 0.3) is 0 Å². The van der Waals surface area contributed by atoms with Crippen molar-refractivity contribution in [2.75, 3.05) is 41.3 Å². The van der Waals surface area contributed by atoms with Crippen molar-refractivity contribution >= 4 is 59.2 Å². The molecule has 12 rings (SSSR count). The Labute approximate surface area is 591 Å². The molecule has 544 valence electrons. The Kier molecular flexibility index (Phi) is 25.3. The van der Waals surface area contributed by atoms with E-state index in [1.807, 2.05) is 0 Å². The summed E-state index contributed by atoms with van der Waals surface area (Å²) in [4.78, 5) is 148. The van der Waals surface area contributed by atoms with Gasteiger partial charge in [-0.25, -0.2) is 19.0 Å². The summed E-state index contributed by atoms with van der Waals surface area (Å²) < 4.78 is 15.3. The van der Waals surface area contributed by atoms with Gasteiger partial charge in [0, 0.05) is 65.7 Å². The maximum Gasteiger partial charge on any atom is 0.326 e. The van der Waals surface area contributed by atoms with Crippen LogP contribution in [0, 0.1) is 11.8 Å². The van der Waals surface area contributed by atoms with Gasteiger partial charge in [0.1, 0.15) is 84.4 Å². The number of amides is 8. The molecule has 0 unspecified atom stereocenters. The predicted molar refractivity (Wildman–Crippen MR) is 370 cm³/mol. The van der Waals surface area contributed by atoms with Crippen molar-refractivity contribution in [2.45, 2.75) is 166 Å². The fraction of sp³-hybridized carbons (Fsp3) is 0.472. The number of ether oxygens (including phenoxy) is 2. The quantitative estimate of drug-likeness (QED) is 0.0686. The van der Waals surface area contributed by atoms with Crippen molar-refractivity contribution in [3.05, 3.63) is 155 Å². The van der Waals surface area contributed by atoms with Crippen LogP contribution in [-0.4, -0.2) is 221 Å². The van der Waals surface area contributed by atoms with E-state index in [4.69, 9.17) is 9.47 Å². The summed E-state index contributed by atoms with van der Waals surface area (Å²) in [6.45, 7) is 9.97. The molecule has 12 atom stereocenters. The number of nitrogens with zero attached hydrogens (tertiary/aromatic N) is 10. The predicted octanol–water partition coefficient (Wildman–Crippen LogP) is 1.89. The maximum absolute atomic E-state index is 15.1. The summed E-state index contributed by atoms with van der Waals surface area (Å²) in [6, 6.07) is 18.0. The zero-order valence-corrected chi connectivity index (χ0v) is 59.0. The molecule has 12 bridgehead atoms. The molecular formula is C72H92N16O14. The lowest BCUT2D eigenvalue weighted by atomic mass is 10.00. The fourth-order valence-corrected chi connectivity index (χ4v) is 12.7. The molecule has 102 heavy (non-hydrogen) atoms. The molecule has 0 aliphatic carbocycles. The first-order valence-electron chi connectivity index (χ1n) is 34.2. The number of hydrogen-bond donors (Lipinski definition) is 8. The first-order valence-corrected chi connectivity index (χ1v) is 34.2. The van der Waals surface area contributed by atoms with E-state index in [1.165, 1.54) is 33.3 Å². The van der Waals surface area contributed by atoms with Crippen LogP contribution in [0.2, 0.25) is 0 Å². The van der Waals surface area contributed by atoms with E-state index < -0.39 is 144 Å². The summed E-state index contributed by atoms with van der Waals surface area (Å²) in [5.41, 5.74) is 3.04. The summed E-state index contributed by atoms with van der Waals surface area (Å²) in [6.07, 6.45) is 2.74. The standard InChI is InChI=1S/C72H92N16O14/c1-41(2)61(77-63(89)43(5)73-7)69(95)85-37-51-33-57(85)65(91)75-55(29-45-17-13-11-14-18-45)67(93)83(9)59(71(97)98)31-47-23-27-54(28-24-47)102-40-50-36-88(82-80-50)52-34-58(86(38-52)70(96)62(42(3)4)78-64(90)44(6)74-8)66(92)76-56(30-46-19-15-12-16-20-46)68(94)84(10)60(72(99)100)32-48-21-25-53(26-22-48)101-39-49-35-87(51)81-79-49/h11-28,35-36,41-44,51-52,55-62,73-74H,29-34,37-40H2,1-10H3,(H,75,91)(H,76,92)(H,77,89)(H,78,90)(H,97,98)(H,99,100)/t43-,44-,51-,52-,55-,56-,57-,58-,59-,60-,61-,62-/m0/s1. The zero-order chi connectivity index (χ0) is 73.6. The lowest BCUT2D eigenvalue weighted by molar-refractivity contribution is -0.150. The topological polar surface area (TPSA) is 376 Å². The van der Waals surface area contributed by atoms with Gasteiger partial charge >= 0.3 is 11.9 Å². The summed E-state index contributed by atoms with van der Waals surface area (Å²) >= 11 is 0. The Morgan fingerprint density at radius 1 is 0.529 bits per heavy atom. The van der Waals surface area contributed by atoms with Gasteiger partial charge in [-0.1, -0.05) is 123 Å². The molecule has 4 aromatic carbocycles. The number of likely N-dealkylation sites (N-methyl/N-ethyl adjacent to an activating group) is 4. The number of carbonyl (C=O) groups is 10. The Morgan fingerprint density at radius 3 is 1.21 bits per heavy atom. The average Bonchev–Trinajstić information content (AvgIpc) is 1.63. The van der Waals surface area contributed by atoms with Gasteiger partial charge in [0.05, 0.1) is 36.6 Å². The Hall–Kier alpha value is -10.6. The molecule has 0 spiro atoms. The van der Waals surface area contributed by atoms with Crippen LogP contribution in [0.15, 0.2) is 122 Å². The third-order valence-electron chi connectivity index (χ3n) is 19.2. The number of carboxylic acids is 2. The van der Waals surface area contributed by atoms with Crippen molar-refractivity contribution < 1.29 is 67.6 Å². The number of aromatic nitrogens is 6. The van der Waals surface area contributed by atoms with E-state index in [1.54, 1.807) is 177 Å². The van der Waals surface area contributed by atoms with Crippen molar-refractivity contribution in [3.8, 4) is 11.5 Å². The van der Waals surface area contributed by atoms with Crippen LogP contribution in [0.4, 0.5) is 0 Å². The Balaban J connectivity index is 1.05. The molecular weight excluding hydrogens is 1310 g/mol. The minimum atomic E-state index is -1.44. The molecule has 0 saturated carbocycles. The minimum Gasteiger partial charge on any atom is -0.487 e. The zero-order valence-electron chi connectivity index (χ0n) is 59.0. The van der Waals surface area contributed by atoms with Gasteiger partial charge in [0.2, 0.25) is 47.3 Å². The first kappa shape index (κ1) is 75.6. The van der Waals surface area contributed by atoms with Crippen LogP contribution >= 0.6 is 0 Å². The number of hydrogen-bond acceptors (Lipinski definition) is 18. The maximum atomic E-state index is 15.1. The van der Waals surface area contributed by atoms with Crippen molar-refractivity contribution in [2.24, 2.45) is 11.8 Å². The third-order valence-corrected chi connectivity index (χ3v) is 19.2. The van der Waals surface area contributed by atoms with Crippen LogP contribution in [-0.2, 0) is 86.8 Å². The van der Waals surface area contributed by atoms with Gasteiger partial charge in [-0.3, -0.25) is 38.4 Å². The number of aliphatic carboxylic acids is 2. The van der Waals surface area contributed by atoms with Gasteiger partial charge in [-0.05, 0) is 86.3 Å². The normalized spacial score (nSPS) is 22.3. The van der Waals surface area contributed by atoms with Gasteiger partial charge < -0.3 is 71.2 Å². The second-order valence-electron chi connectivity index (χ2n) is 27.0. The number of carboxylic acid groups (broad SMARTS) is 2. The second-order valence-corrected chi connectivity index (χ2v) is 27.0. The summed E-state index contributed by atoms with van der Waals surface area (Å²) in [7, 11) is 5.92. The molecule has 6 aliphatic heterocycles. The molecule has 2 aromatic heterocycles. The molecule has 8 amide bonds. The van der Waals surface area contributed by atoms with Crippen LogP contribution < -0.4 is 41.4 Å². The van der Waals surface area contributed by atoms with Crippen LogP contribution in [0.5, 0.6) is 11.5 Å². The molecule has 6 aromatic rings. The van der Waals surface area contributed by atoms with Gasteiger partial charge in [-0.15, -0.1) is 10.2 Å². The van der Waals surface area contributed by atoms with Crippen molar-refractivity contribution in [1.82, 2.24) is 81.5 Å². The summed E-state index contributed by atoms with van der Waals surface area (Å²) in [5, 5.41) is 56.4. The number of likely N-dealkylation sites (tertiary alicyclic amines) is 2. The van der Waals surface area contributed by atoms with E-state index in [0.29, 0.717) is 45.1 Å².